The smallest absolute Gasteiger partial charge is 0 e. The Morgan fingerprint density at radius 2 is 1.00 bits per heavy atom. The van der Waals surface area contributed by atoms with Gasteiger partial charge in [0.05, 0.1) is 0 Å². The third-order valence-electron chi connectivity index (χ3n) is 0. The van der Waals surface area contributed by atoms with Gasteiger partial charge in [-0.15, -0.1) is 0 Å². The molecule has 0 aromatic rings. The summed E-state index contributed by atoms with van der Waals surface area (Å²) in [5.74, 6) is 0. The molecule has 0 amide bonds. The molecule has 0 heterocycles. The van der Waals surface area contributed by atoms with Gasteiger partial charge in [-0.2, -0.15) is 0 Å². The van der Waals surface area contributed by atoms with Crippen molar-refractivity contribution in [1.29, 1.82) is 0 Å². The Morgan fingerprint density at radius 3 is 1.00 bits per heavy atom. The second kappa shape index (κ2) is 24.5. The molecule has 0 nitrogen and oxygen atoms in total. The van der Waals surface area contributed by atoms with Crippen LogP contribution in [0.5, 0.6) is 0 Å². The van der Waals surface area contributed by atoms with E-state index in [1.807, 2.05) is 0 Å². The minimum Gasteiger partial charge on any atom is 0 e. The fraction of sp³-hybridized carbons (Fsp3) is 0. The van der Waals surface area contributed by atoms with Crippen LogP contribution in [0.15, 0.2) is 0 Å². The molecular weight excluding hydrogens is 390 g/mol. The summed E-state index contributed by atoms with van der Waals surface area (Å²) in [7, 11) is 0. The van der Waals surface area contributed by atoms with Crippen molar-refractivity contribution in [3.63, 3.8) is 0 Å². The Balaban J connectivity index is 0. The topological polar surface area (TPSA) is 0 Å². The van der Waals surface area contributed by atoms with Crippen LogP contribution in [0.3, 0.4) is 0 Å². The second-order valence-corrected chi connectivity index (χ2v) is 0. The number of hydrogen-bond donors (Lipinski definition) is 0. The van der Waals surface area contributed by atoms with E-state index in [0.29, 0.717) is 0 Å². The SMILES string of the molecule is [Ce].[Fe].[Mn].[Ti].[Zr]. The molecule has 0 unspecified atom stereocenters. The van der Waals surface area contributed by atoms with Crippen LogP contribution < -0.4 is 0 Å². The van der Waals surface area contributed by atoms with Crippen molar-refractivity contribution in [1.82, 2.24) is 0 Å². The maximum absolute atomic E-state index is 0. The standard InChI is InChI=1S/Ce.Fe.Mn.Ti.Zr. The van der Waals surface area contributed by atoms with Crippen molar-refractivity contribution in [2.45, 2.75) is 0 Å². The zero-order valence-corrected chi connectivity index (χ0v) is 11.7. The Bertz CT molecular complexity index is 11.6. The van der Waals surface area contributed by atoms with Gasteiger partial charge >= 0.3 is 0 Å². The van der Waals surface area contributed by atoms with Gasteiger partial charge in [0, 0.05) is 124 Å². The summed E-state index contributed by atoms with van der Waals surface area (Å²) in [4.78, 5) is 0. The molecule has 0 aromatic heterocycles. The van der Waals surface area contributed by atoms with E-state index >= 15 is 0 Å². The van der Waals surface area contributed by atoms with E-state index in [9.17, 15) is 0 Å². The molecule has 1 radical (unpaired) electrons. The molecule has 0 atom stereocenters. The van der Waals surface area contributed by atoms with Crippen molar-refractivity contribution in [2.24, 2.45) is 0 Å². The van der Waals surface area contributed by atoms with Crippen LogP contribution in [-0.2, 0) is 82.1 Å². The van der Waals surface area contributed by atoms with Crippen LogP contribution in [0.25, 0.3) is 0 Å². The molecular formula is CeFeMnTiZr. The first-order valence-corrected chi connectivity index (χ1v) is 0. The van der Waals surface area contributed by atoms with Gasteiger partial charge in [0.25, 0.3) is 0 Å². The van der Waals surface area contributed by atoms with Gasteiger partial charge in [-0.05, 0) is 0 Å². The fourth-order valence-corrected chi connectivity index (χ4v) is 0. The third kappa shape index (κ3) is 18.0. The molecule has 0 aliphatic carbocycles. The number of hydrogen-bond acceptors (Lipinski definition) is 0. The Hall–Kier alpha value is 4.01. The van der Waals surface area contributed by atoms with Gasteiger partial charge in [0.15, 0.2) is 0 Å². The molecule has 0 aliphatic heterocycles. The summed E-state index contributed by atoms with van der Waals surface area (Å²) in [5, 5.41) is 0. The predicted octanol–water partition coefficient (Wildman–Crippen LogP) is -0.0100. The van der Waals surface area contributed by atoms with E-state index in [0.717, 1.165) is 0 Å². The van der Waals surface area contributed by atoms with Gasteiger partial charge in [-0.3, -0.25) is 0 Å². The van der Waals surface area contributed by atoms with Gasteiger partial charge in [-0.1, -0.05) is 0 Å². The first-order chi connectivity index (χ1) is 0. The van der Waals surface area contributed by atoms with Crippen molar-refractivity contribution in [2.75, 3.05) is 0 Å². The van der Waals surface area contributed by atoms with Crippen molar-refractivity contribution >= 4 is 0 Å². The largest absolute Gasteiger partial charge is 0 e. The summed E-state index contributed by atoms with van der Waals surface area (Å²) in [6, 6.07) is 0. The van der Waals surface area contributed by atoms with E-state index in [1.165, 1.54) is 0 Å². The quantitative estimate of drug-likeness (QED) is 0.511. The van der Waals surface area contributed by atoms with Crippen LogP contribution in [0.4, 0.5) is 0 Å². The van der Waals surface area contributed by atoms with Crippen LogP contribution in [-0.4, -0.2) is 0 Å². The Labute approximate surface area is 121 Å². The molecule has 0 spiro atoms. The van der Waals surface area contributed by atoms with Crippen LogP contribution in [0, 0.1) is 41.7 Å². The van der Waals surface area contributed by atoms with Gasteiger partial charge < -0.3 is 0 Å². The second-order valence-electron chi connectivity index (χ2n) is 0. The Kier molecular flexibility index (Phi) is 176. The van der Waals surface area contributed by atoms with Gasteiger partial charge in [0.2, 0.25) is 0 Å². The monoisotopic (exact) mass is 389 g/mol. The van der Waals surface area contributed by atoms with Crippen molar-refractivity contribution in [3.8, 4) is 0 Å². The predicted molar refractivity (Wildman–Crippen MR) is 0 cm³/mol. The normalized spacial score (nSPS) is 0. The van der Waals surface area contributed by atoms with Crippen LogP contribution >= 0.6 is 0 Å². The van der Waals surface area contributed by atoms with Crippen molar-refractivity contribution < 1.29 is 124 Å². The van der Waals surface area contributed by atoms with Gasteiger partial charge in [-0.25, -0.2) is 0 Å². The fourth-order valence-electron chi connectivity index (χ4n) is 0. The summed E-state index contributed by atoms with van der Waals surface area (Å²) in [5.41, 5.74) is 0. The molecule has 0 fully saturated rings. The summed E-state index contributed by atoms with van der Waals surface area (Å²) >= 11 is 0. The molecule has 27 valence electrons. The summed E-state index contributed by atoms with van der Waals surface area (Å²) in [6.07, 6.45) is 0. The maximum Gasteiger partial charge on any atom is 0 e. The molecule has 0 saturated heterocycles. The van der Waals surface area contributed by atoms with E-state index in [-0.39, 0.29) is 124 Å². The zero-order valence-electron chi connectivity index (χ0n) is 2.23. The van der Waals surface area contributed by atoms with E-state index in [2.05, 4.69) is 0 Å². The van der Waals surface area contributed by atoms with E-state index in [1.54, 1.807) is 0 Å². The Morgan fingerprint density at radius 1 is 1.00 bits per heavy atom. The van der Waals surface area contributed by atoms with Gasteiger partial charge in [0.1, 0.15) is 0 Å². The minimum absolute atomic E-state index is 0. The molecule has 0 bridgehead atoms. The van der Waals surface area contributed by atoms with E-state index < -0.39 is 0 Å². The molecule has 0 aromatic carbocycles. The summed E-state index contributed by atoms with van der Waals surface area (Å²) < 4.78 is 0. The molecule has 0 saturated carbocycles. The first-order valence-electron chi connectivity index (χ1n) is 0. The molecule has 0 aliphatic rings. The average Bonchev–Trinajstić information content (AvgIpc) is 0. The molecule has 5 heteroatoms. The third-order valence-corrected chi connectivity index (χ3v) is 0. The minimum atomic E-state index is 0. The average molecular weight is 390 g/mol. The van der Waals surface area contributed by atoms with Crippen LogP contribution in [0.1, 0.15) is 0 Å². The van der Waals surface area contributed by atoms with Crippen molar-refractivity contribution in [3.05, 3.63) is 0 Å². The zero-order chi connectivity index (χ0) is 0. The molecule has 5 heavy (non-hydrogen) atoms. The summed E-state index contributed by atoms with van der Waals surface area (Å²) in [6.45, 7) is 0. The molecule has 0 rings (SSSR count). The van der Waals surface area contributed by atoms with Crippen LogP contribution in [0.2, 0.25) is 0 Å². The maximum atomic E-state index is 0. The number of rotatable bonds is 0. The van der Waals surface area contributed by atoms with E-state index in [4.69, 9.17) is 0 Å². The molecule has 0 N–H and O–H groups in total. The first kappa shape index (κ1) is 35.9.